The Balaban J connectivity index is 1.71. The first-order chi connectivity index (χ1) is 10.5. The molecule has 3 amide bonds. The number of nitrogens with zero attached hydrogens (tertiary/aromatic N) is 2. The molecule has 0 spiro atoms. The fourth-order valence-electron chi connectivity index (χ4n) is 2.46. The summed E-state index contributed by atoms with van der Waals surface area (Å²) in [6.07, 6.45) is 0.512. The van der Waals surface area contributed by atoms with Crippen molar-refractivity contribution in [2.75, 3.05) is 0 Å². The molecule has 6 heteroatoms. The third kappa shape index (κ3) is 2.87. The largest absolute Gasteiger partial charge is 0.325 e. The van der Waals surface area contributed by atoms with Gasteiger partial charge in [0, 0.05) is 11.3 Å². The number of hydrogen-bond acceptors (Lipinski definition) is 4. The SMILES string of the molecule is Cc1nc(CN2C(=O)NC(Cc3ccccc3)C2=O)sc1C. The Kier molecular flexibility index (Phi) is 3.94. The van der Waals surface area contributed by atoms with E-state index in [0.29, 0.717) is 6.42 Å². The van der Waals surface area contributed by atoms with Gasteiger partial charge in [-0.3, -0.25) is 9.69 Å². The van der Waals surface area contributed by atoms with Crippen molar-refractivity contribution in [3.63, 3.8) is 0 Å². The van der Waals surface area contributed by atoms with Crippen LogP contribution in [0.15, 0.2) is 30.3 Å². The van der Waals surface area contributed by atoms with Gasteiger partial charge in [-0.25, -0.2) is 9.78 Å². The highest BCUT2D eigenvalue weighted by Gasteiger charge is 2.38. The average molecular weight is 315 g/mol. The van der Waals surface area contributed by atoms with E-state index in [-0.39, 0.29) is 18.5 Å². The molecule has 0 saturated carbocycles. The quantitative estimate of drug-likeness (QED) is 0.881. The zero-order valence-electron chi connectivity index (χ0n) is 12.5. The lowest BCUT2D eigenvalue weighted by molar-refractivity contribution is -0.127. The molecule has 114 valence electrons. The molecule has 0 bridgehead atoms. The van der Waals surface area contributed by atoms with Crippen LogP contribution in [0.3, 0.4) is 0 Å². The van der Waals surface area contributed by atoms with Crippen molar-refractivity contribution in [3.8, 4) is 0 Å². The van der Waals surface area contributed by atoms with E-state index in [1.54, 1.807) is 0 Å². The standard InChI is InChI=1S/C16H17N3O2S/c1-10-11(2)22-14(17-10)9-19-15(20)13(18-16(19)21)8-12-6-4-3-5-7-12/h3-7,13H,8-9H2,1-2H3,(H,18,21). The minimum atomic E-state index is -0.489. The molecule has 22 heavy (non-hydrogen) atoms. The summed E-state index contributed by atoms with van der Waals surface area (Å²) in [5.74, 6) is -0.181. The van der Waals surface area contributed by atoms with Gasteiger partial charge >= 0.3 is 6.03 Å². The number of carbonyl (C=O) groups is 2. The molecule has 1 aliphatic heterocycles. The number of hydrogen-bond donors (Lipinski definition) is 1. The third-order valence-electron chi connectivity index (χ3n) is 3.76. The van der Waals surface area contributed by atoms with Gasteiger partial charge in [0.05, 0.1) is 12.2 Å². The monoisotopic (exact) mass is 315 g/mol. The first-order valence-corrected chi connectivity index (χ1v) is 7.95. The molecule has 1 N–H and O–H groups in total. The Hall–Kier alpha value is -2.21. The van der Waals surface area contributed by atoms with Gasteiger partial charge in [0.15, 0.2) is 0 Å². The Bertz CT molecular complexity index is 692. The molecular formula is C16H17N3O2S. The molecule has 1 fully saturated rings. The van der Waals surface area contributed by atoms with E-state index in [9.17, 15) is 9.59 Å². The van der Waals surface area contributed by atoms with Gasteiger partial charge in [-0.15, -0.1) is 11.3 Å². The van der Waals surface area contributed by atoms with Crippen molar-refractivity contribution >= 4 is 23.3 Å². The zero-order valence-corrected chi connectivity index (χ0v) is 13.3. The second kappa shape index (κ2) is 5.88. The average Bonchev–Trinajstić information content (AvgIpc) is 2.94. The van der Waals surface area contributed by atoms with Crippen LogP contribution in [0, 0.1) is 13.8 Å². The van der Waals surface area contributed by atoms with Crippen LogP contribution < -0.4 is 5.32 Å². The van der Waals surface area contributed by atoms with Gasteiger partial charge in [-0.1, -0.05) is 30.3 Å². The third-order valence-corrected chi connectivity index (χ3v) is 4.81. The summed E-state index contributed by atoms with van der Waals surface area (Å²) >= 11 is 1.53. The molecule has 1 saturated heterocycles. The van der Waals surface area contributed by atoms with Crippen LogP contribution in [0.2, 0.25) is 0 Å². The van der Waals surface area contributed by atoms with E-state index in [1.165, 1.54) is 16.2 Å². The Morgan fingerprint density at radius 2 is 1.95 bits per heavy atom. The van der Waals surface area contributed by atoms with E-state index < -0.39 is 6.04 Å². The van der Waals surface area contributed by atoms with Crippen LogP contribution in [0.5, 0.6) is 0 Å². The minimum Gasteiger partial charge on any atom is -0.325 e. The summed E-state index contributed by atoms with van der Waals surface area (Å²) in [6, 6.07) is 8.86. The smallest absolute Gasteiger partial charge is 0.325 e. The van der Waals surface area contributed by atoms with Crippen LogP contribution in [0.1, 0.15) is 21.1 Å². The van der Waals surface area contributed by atoms with E-state index in [0.717, 1.165) is 21.1 Å². The summed E-state index contributed by atoms with van der Waals surface area (Å²) < 4.78 is 0. The molecule has 1 aromatic carbocycles. The van der Waals surface area contributed by atoms with Crippen LogP contribution in [0.25, 0.3) is 0 Å². The van der Waals surface area contributed by atoms with Crippen LogP contribution in [-0.4, -0.2) is 27.9 Å². The number of urea groups is 1. The number of rotatable bonds is 4. The molecule has 1 aliphatic rings. The van der Waals surface area contributed by atoms with Crippen LogP contribution >= 0.6 is 11.3 Å². The van der Waals surface area contributed by atoms with E-state index in [1.807, 2.05) is 44.2 Å². The van der Waals surface area contributed by atoms with Gasteiger partial charge in [-0.05, 0) is 19.4 Å². The Labute approximate surface area is 133 Å². The number of carbonyl (C=O) groups excluding carboxylic acids is 2. The lowest BCUT2D eigenvalue weighted by Crippen LogP contribution is -2.32. The highest BCUT2D eigenvalue weighted by molar-refractivity contribution is 7.11. The highest BCUT2D eigenvalue weighted by atomic mass is 32.1. The molecule has 5 nitrogen and oxygen atoms in total. The fourth-order valence-corrected chi connectivity index (χ4v) is 3.38. The maximum absolute atomic E-state index is 12.4. The zero-order chi connectivity index (χ0) is 15.7. The Morgan fingerprint density at radius 3 is 2.59 bits per heavy atom. The molecular weight excluding hydrogens is 298 g/mol. The molecule has 2 heterocycles. The first-order valence-electron chi connectivity index (χ1n) is 7.13. The highest BCUT2D eigenvalue weighted by Crippen LogP contribution is 2.20. The summed E-state index contributed by atoms with van der Waals surface area (Å²) in [7, 11) is 0. The van der Waals surface area contributed by atoms with Crippen molar-refractivity contribution in [3.05, 3.63) is 51.5 Å². The first kappa shape index (κ1) is 14.7. The van der Waals surface area contributed by atoms with Crippen LogP contribution in [-0.2, 0) is 17.8 Å². The molecule has 1 aromatic heterocycles. The van der Waals surface area contributed by atoms with Crippen molar-refractivity contribution < 1.29 is 9.59 Å². The summed E-state index contributed by atoms with van der Waals surface area (Å²) in [4.78, 5) is 31.3. The molecule has 2 aromatic rings. The lowest BCUT2D eigenvalue weighted by atomic mass is 10.1. The van der Waals surface area contributed by atoms with E-state index in [2.05, 4.69) is 10.3 Å². The van der Waals surface area contributed by atoms with Gasteiger partial charge in [0.25, 0.3) is 5.91 Å². The topological polar surface area (TPSA) is 62.3 Å². The number of nitrogens with one attached hydrogen (secondary N) is 1. The van der Waals surface area contributed by atoms with Gasteiger partial charge in [-0.2, -0.15) is 0 Å². The number of thiazole rings is 1. The Morgan fingerprint density at radius 1 is 1.23 bits per heavy atom. The molecule has 1 atom stereocenters. The summed E-state index contributed by atoms with van der Waals surface area (Å²) in [6.45, 7) is 4.16. The predicted molar refractivity (Wildman–Crippen MR) is 84.6 cm³/mol. The maximum atomic E-state index is 12.4. The number of amides is 3. The number of aryl methyl sites for hydroxylation is 2. The number of aromatic nitrogens is 1. The summed E-state index contributed by atoms with van der Waals surface area (Å²) in [5, 5.41) is 3.55. The summed E-state index contributed by atoms with van der Waals surface area (Å²) in [5.41, 5.74) is 1.98. The fraction of sp³-hybridized carbons (Fsp3) is 0.312. The normalized spacial score (nSPS) is 17.9. The number of benzene rings is 1. The number of imide groups is 1. The molecule has 1 unspecified atom stereocenters. The van der Waals surface area contributed by atoms with Gasteiger partial charge < -0.3 is 5.32 Å². The minimum absolute atomic E-state index is 0.181. The molecule has 0 radical (unpaired) electrons. The van der Waals surface area contributed by atoms with Gasteiger partial charge in [0.1, 0.15) is 11.0 Å². The molecule has 3 rings (SSSR count). The lowest BCUT2D eigenvalue weighted by Gasteiger charge is -2.11. The van der Waals surface area contributed by atoms with Gasteiger partial charge in [0.2, 0.25) is 0 Å². The van der Waals surface area contributed by atoms with Crippen molar-refractivity contribution in [2.45, 2.75) is 32.9 Å². The van der Waals surface area contributed by atoms with Crippen LogP contribution in [0.4, 0.5) is 4.79 Å². The predicted octanol–water partition coefficient (Wildman–Crippen LogP) is 2.42. The van der Waals surface area contributed by atoms with Crippen molar-refractivity contribution in [2.24, 2.45) is 0 Å². The van der Waals surface area contributed by atoms with E-state index in [4.69, 9.17) is 0 Å². The van der Waals surface area contributed by atoms with Crippen molar-refractivity contribution in [1.82, 2.24) is 15.2 Å². The second-order valence-corrected chi connectivity index (χ2v) is 6.65. The molecule has 0 aliphatic carbocycles. The van der Waals surface area contributed by atoms with E-state index >= 15 is 0 Å². The second-order valence-electron chi connectivity index (χ2n) is 5.37. The maximum Gasteiger partial charge on any atom is 0.325 e. The van der Waals surface area contributed by atoms with Crippen molar-refractivity contribution in [1.29, 1.82) is 0 Å².